The number of nitrogens with one attached hydrogen (secondary N) is 1. The lowest BCUT2D eigenvalue weighted by Crippen LogP contribution is -1.96. The highest BCUT2D eigenvalue weighted by atomic mass is 16.7. The van der Waals surface area contributed by atoms with Crippen LogP contribution in [0.25, 0.3) is 0 Å². The van der Waals surface area contributed by atoms with Crippen molar-refractivity contribution < 1.29 is 9.47 Å². The van der Waals surface area contributed by atoms with E-state index in [-0.39, 0.29) is 6.79 Å². The van der Waals surface area contributed by atoms with E-state index in [0.29, 0.717) is 17.1 Å². The van der Waals surface area contributed by atoms with Crippen LogP contribution in [0.3, 0.4) is 0 Å². The third-order valence-corrected chi connectivity index (χ3v) is 2.73. The summed E-state index contributed by atoms with van der Waals surface area (Å²) in [5, 5.41) is 12.1. The summed E-state index contributed by atoms with van der Waals surface area (Å²) in [5.41, 5.74) is 2.21. The lowest BCUT2D eigenvalue weighted by Gasteiger charge is -2.07. The third kappa shape index (κ3) is 2.29. The van der Waals surface area contributed by atoms with Crippen LogP contribution in [0.5, 0.6) is 11.5 Å². The lowest BCUT2D eigenvalue weighted by molar-refractivity contribution is 0.174. The highest BCUT2D eigenvalue weighted by molar-refractivity contribution is 5.62. The summed E-state index contributed by atoms with van der Waals surface area (Å²) in [5.74, 6) is 2.08. The van der Waals surface area contributed by atoms with Crippen molar-refractivity contribution in [2.45, 2.75) is 6.92 Å². The van der Waals surface area contributed by atoms with Gasteiger partial charge in [-0.3, -0.25) is 0 Å². The highest BCUT2D eigenvalue weighted by Gasteiger charge is 2.13. The number of fused-ring (bicyclic) bond motifs is 1. The van der Waals surface area contributed by atoms with Crippen LogP contribution in [-0.2, 0) is 0 Å². The van der Waals surface area contributed by atoms with E-state index in [0.717, 1.165) is 17.1 Å². The fourth-order valence-electron chi connectivity index (χ4n) is 1.92. The van der Waals surface area contributed by atoms with Gasteiger partial charge in [0, 0.05) is 17.4 Å². The van der Waals surface area contributed by atoms with Gasteiger partial charge in [-0.05, 0) is 31.2 Å². The van der Waals surface area contributed by atoms with Crippen molar-refractivity contribution in [2.75, 3.05) is 12.1 Å². The lowest BCUT2D eigenvalue weighted by atomic mass is 10.2. The van der Waals surface area contributed by atoms with E-state index in [1.54, 1.807) is 12.1 Å². The number of rotatable bonds is 2. The van der Waals surface area contributed by atoms with Gasteiger partial charge in [0.1, 0.15) is 5.82 Å². The first-order chi connectivity index (χ1) is 9.24. The molecule has 1 aromatic carbocycles. The van der Waals surface area contributed by atoms with Crippen LogP contribution in [0.1, 0.15) is 11.3 Å². The molecule has 1 aliphatic heterocycles. The average Bonchev–Trinajstić information content (AvgIpc) is 2.85. The van der Waals surface area contributed by atoms with E-state index in [4.69, 9.17) is 14.7 Å². The summed E-state index contributed by atoms with van der Waals surface area (Å²) in [4.78, 5) is 4.34. The molecule has 0 fully saturated rings. The van der Waals surface area contributed by atoms with Gasteiger partial charge in [-0.15, -0.1) is 0 Å². The fourth-order valence-corrected chi connectivity index (χ4v) is 1.92. The molecule has 94 valence electrons. The highest BCUT2D eigenvalue weighted by Crippen LogP contribution is 2.34. The van der Waals surface area contributed by atoms with Crippen molar-refractivity contribution in [1.29, 1.82) is 5.26 Å². The van der Waals surface area contributed by atoms with Crippen LogP contribution in [0, 0.1) is 18.3 Å². The maximum Gasteiger partial charge on any atom is 0.231 e. The molecule has 0 atom stereocenters. The molecule has 0 unspecified atom stereocenters. The van der Waals surface area contributed by atoms with Crippen molar-refractivity contribution in [1.82, 2.24) is 4.98 Å². The third-order valence-electron chi connectivity index (χ3n) is 2.73. The summed E-state index contributed by atoms with van der Waals surface area (Å²) < 4.78 is 10.6. The topological polar surface area (TPSA) is 67.2 Å². The number of ether oxygens (including phenoxy) is 2. The molecule has 1 aliphatic rings. The van der Waals surface area contributed by atoms with Crippen molar-refractivity contribution in [3.8, 4) is 17.6 Å². The maximum absolute atomic E-state index is 8.94. The molecule has 0 saturated heterocycles. The Labute approximate surface area is 110 Å². The number of hydrogen-bond donors (Lipinski definition) is 1. The molecule has 0 aliphatic carbocycles. The molecule has 1 N–H and O–H groups in total. The van der Waals surface area contributed by atoms with Crippen LogP contribution in [0.4, 0.5) is 11.5 Å². The molecule has 0 saturated carbocycles. The molecule has 0 radical (unpaired) electrons. The van der Waals surface area contributed by atoms with Crippen molar-refractivity contribution >= 4 is 11.5 Å². The van der Waals surface area contributed by atoms with E-state index in [2.05, 4.69) is 16.4 Å². The SMILES string of the molecule is Cc1cc(C#N)cc(Nc2ccc3c(c2)OCO3)n1. The molecule has 1 aromatic heterocycles. The van der Waals surface area contributed by atoms with Gasteiger partial charge in [0.25, 0.3) is 0 Å². The maximum atomic E-state index is 8.94. The molecule has 0 amide bonds. The number of anilines is 2. The Morgan fingerprint density at radius 3 is 2.89 bits per heavy atom. The number of hydrogen-bond acceptors (Lipinski definition) is 5. The van der Waals surface area contributed by atoms with Crippen LogP contribution in [-0.4, -0.2) is 11.8 Å². The van der Waals surface area contributed by atoms with Crippen LogP contribution in [0.15, 0.2) is 30.3 Å². The van der Waals surface area contributed by atoms with Crippen LogP contribution in [0.2, 0.25) is 0 Å². The Bertz CT molecular complexity index is 677. The Morgan fingerprint density at radius 2 is 2.05 bits per heavy atom. The summed E-state index contributed by atoms with van der Waals surface area (Å²) in [7, 11) is 0. The fraction of sp³-hybridized carbons (Fsp3) is 0.143. The van der Waals surface area contributed by atoms with Gasteiger partial charge in [-0.25, -0.2) is 4.98 Å². The van der Waals surface area contributed by atoms with E-state index >= 15 is 0 Å². The Balaban J connectivity index is 1.89. The van der Waals surface area contributed by atoms with Crippen molar-refractivity contribution in [2.24, 2.45) is 0 Å². The van der Waals surface area contributed by atoms with Crippen LogP contribution < -0.4 is 14.8 Å². The van der Waals surface area contributed by atoms with E-state index < -0.39 is 0 Å². The monoisotopic (exact) mass is 253 g/mol. The zero-order valence-electron chi connectivity index (χ0n) is 10.3. The molecular weight excluding hydrogens is 242 g/mol. The molecule has 0 spiro atoms. The average molecular weight is 253 g/mol. The zero-order chi connectivity index (χ0) is 13.2. The van der Waals surface area contributed by atoms with Gasteiger partial charge in [0.2, 0.25) is 6.79 Å². The molecule has 2 heterocycles. The Hall–Kier alpha value is -2.74. The molecular formula is C14H11N3O2. The number of nitriles is 1. The minimum absolute atomic E-state index is 0.250. The quantitative estimate of drug-likeness (QED) is 0.891. The smallest absolute Gasteiger partial charge is 0.231 e. The minimum Gasteiger partial charge on any atom is -0.454 e. The second kappa shape index (κ2) is 4.50. The van der Waals surface area contributed by atoms with Gasteiger partial charge in [-0.2, -0.15) is 5.26 Å². The summed E-state index contributed by atoms with van der Waals surface area (Å²) in [6.07, 6.45) is 0. The summed E-state index contributed by atoms with van der Waals surface area (Å²) in [6, 6.07) is 11.1. The number of aryl methyl sites for hydroxylation is 1. The molecule has 2 aromatic rings. The molecule has 19 heavy (non-hydrogen) atoms. The molecule has 0 bridgehead atoms. The van der Waals surface area contributed by atoms with Gasteiger partial charge in [0.15, 0.2) is 11.5 Å². The van der Waals surface area contributed by atoms with Crippen LogP contribution >= 0.6 is 0 Å². The summed E-state index contributed by atoms with van der Waals surface area (Å²) in [6.45, 7) is 2.10. The molecule has 3 rings (SSSR count). The normalized spacial score (nSPS) is 12.0. The molecule has 5 heteroatoms. The van der Waals surface area contributed by atoms with Crippen molar-refractivity contribution in [3.05, 3.63) is 41.6 Å². The first-order valence-electron chi connectivity index (χ1n) is 5.80. The minimum atomic E-state index is 0.250. The zero-order valence-corrected chi connectivity index (χ0v) is 10.3. The van der Waals surface area contributed by atoms with E-state index in [9.17, 15) is 0 Å². The first-order valence-corrected chi connectivity index (χ1v) is 5.80. The van der Waals surface area contributed by atoms with E-state index in [1.165, 1.54) is 0 Å². The number of aromatic nitrogens is 1. The predicted octanol–water partition coefficient (Wildman–Crippen LogP) is 2.73. The number of pyridine rings is 1. The Kier molecular flexibility index (Phi) is 2.69. The largest absolute Gasteiger partial charge is 0.454 e. The predicted molar refractivity (Wildman–Crippen MR) is 69.5 cm³/mol. The van der Waals surface area contributed by atoms with Gasteiger partial charge in [-0.1, -0.05) is 0 Å². The number of nitrogens with zero attached hydrogens (tertiary/aromatic N) is 2. The van der Waals surface area contributed by atoms with Crippen molar-refractivity contribution in [3.63, 3.8) is 0 Å². The molecule has 5 nitrogen and oxygen atoms in total. The van der Waals surface area contributed by atoms with Gasteiger partial charge in [0.05, 0.1) is 11.6 Å². The van der Waals surface area contributed by atoms with Gasteiger partial charge < -0.3 is 14.8 Å². The second-order valence-electron chi connectivity index (χ2n) is 4.19. The first kappa shape index (κ1) is 11.4. The standard InChI is InChI=1S/C14H11N3O2/c1-9-4-10(7-15)5-14(16-9)17-11-2-3-12-13(6-11)19-8-18-12/h2-6H,8H2,1H3,(H,16,17). The Morgan fingerprint density at radius 1 is 1.21 bits per heavy atom. The number of benzene rings is 1. The van der Waals surface area contributed by atoms with E-state index in [1.807, 2.05) is 25.1 Å². The second-order valence-corrected chi connectivity index (χ2v) is 4.19. The summed E-state index contributed by atoms with van der Waals surface area (Å²) >= 11 is 0. The van der Waals surface area contributed by atoms with Gasteiger partial charge >= 0.3 is 0 Å².